The predicted octanol–water partition coefficient (Wildman–Crippen LogP) is 5.89. The Labute approximate surface area is 237 Å². The number of fused-ring (bicyclic) bond motifs is 3. The summed E-state index contributed by atoms with van der Waals surface area (Å²) >= 11 is 0. The fraction of sp³-hybridized carbons (Fsp3) is 0.355. The zero-order valence-electron chi connectivity index (χ0n) is 23.2. The van der Waals surface area contributed by atoms with Crippen LogP contribution in [0.2, 0.25) is 0 Å². The van der Waals surface area contributed by atoms with Crippen molar-refractivity contribution in [3.63, 3.8) is 0 Å². The molecule has 0 radical (unpaired) electrons. The molecule has 2 N–H and O–H groups in total. The number of urea groups is 1. The highest BCUT2D eigenvalue weighted by Gasteiger charge is 2.35. The topological polar surface area (TPSA) is 82.1 Å². The lowest BCUT2D eigenvalue weighted by Gasteiger charge is -2.35. The number of alkyl halides is 3. The molecule has 1 aliphatic rings. The van der Waals surface area contributed by atoms with Crippen molar-refractivity contribution >= 4 is 17.6 Å². The van der Waals surface area contributed by atoms with E-state index in [-0.39, 0.29) is 43.8 Å². The van der Waals surface area contributed by atoms with Gasteiger partial charge in [-0.2, -0.15) is 13.2 Å². The number of halogens is 3. The number of carbonyl (C=O) groups is 2. The number of aliphatic hydroxyl groups is 1. The van der Waals surface area contributed by atoms with Gasteiger partial charge in [-0.3, -0.25) is 4.79 Å². The molecule has 41 heavy (non-hydrogen) atoms. The molecule has 218 valence electrons. The van der Waals surface area contributed by atoms with Gasteiger partial charge in [0, 0.05) is 31.6 Å². The maximum absolute atomic E-state index is 13.9. The number of aliphatic hydroxyl groups excluding tert-OH is 1. The van der Waals surface area contributed by atoms with Gasteiger partial charge in [-0.05, 0) is 41.8 Å². The smallest absolute Gasteiger partial charge is 0.394 e. The average molecular weight is 570 g/mol. The first-order chi connectivity index (χ1) is 19.5. The molecule has 0 aliphatic carbocycles. The number of anilines is 1. The van der Waals surface area contributed by atoms with Gasteiger partial charge in [-0.25, -0.2) is 4.79 Å². The number of nitrogens with zero attached hydrogens (tertiary/aromatic N) is 2. The SMILES string of the molecule is C[C@@H]1CN([C@H](C)CO)C(=O)c2ccccc2-c2ccccc2CO[C@@H]1CN(C)C(=O)Nc1ccccc1C(F)(F)F. The lowest BCUT2D eigenvalue weighted by molar-refractivity contribution is -0.136. The Morgan fingerprint density at radius 1 is 1.05 bits per heavy atom. The number of ether oxygens (including phenoxy) is 1. The molecule has 3 atom stereocenters. The molecule has 0 fully saturated rings. The minimum atomic E-state index is -4.63. The molecule has 10 heteroatoms. The highest BCUT2D eigenvalue weighted by atomic mass is 19.4. The summed E-state index contributed by atoms with van der Waals surface area (Å²) in [6, 6.07) is 18.5. The molecule has 0 spiro atoms. The third kappa shape index (κ3) is 6.89. The number of likely N-dealkylation sites (N-methyl/N-ethyl adjacent to an activating group) is 1. The third-order valence-corrected chi connectivity index (χ3v) is 7.37. The Hall–Kier alpha value is -3.89. The summed E-state index contributed by atoms with van der Waals surface area (Å²) in [5.74, 6) is -0.539. The molecule has 4 rings (SSSR count). The van der Waals surface area contributed by atoms with E-state index in [1.807, 2.05) is 43.3 Å². The van der Waals surface area contributed by atoms with Crippen LogP contribution in [0.15, 0.2) is 72.8 Å². The van der Waals surface area contributed by atoms with Gasteiger partial charge in [0.05, 0.1) is 36.6 Å². The standard InChI is InChI=1S/C31H34F3N3O4/c1-20-16-37(21(2)18-38)29(39)25-13-7-6-12-24(25)23-11-5-4-10-22(23)19-41-28(20)17-36(3)30(40)35-27-15-9-8-14-26(27)31(32,33)34/h4-15,20-21,28,38H,16-19H2,1-3H3,(H,35,40)/t20-,21-,28-/m1/s1. The van der Waals surface area contributed by atoms with E-state index in [2.05, 4.69) is 5.32 Å². The number of para-hydroxylation sites is 1. The summed E-state index contributed by atoms with van der Waals surface area (Å²) in [5.41, 5.74) is 1.65. The fourth-order valence-corrected chi connectivity index (χ4v) is 4.95. The van der Waals surface area contributed by atoms with Crippen LogP contribution in [0.25, 0.3) is 11.1 Å². The van der Waals surface area contributed by atoms with E-state index in [1.54, 1.807) is 24.0 Å². The van der Waals surface area contributed by atoms with Gasteiger partial charge in [0.1, 0.15) is 0 Å². The number of benzene rings is 3. The zero-order chi connectivity index (χ0) is 29.7. The van der Waals surface area contributed by atoms with E-state index >= 15 is 0 Å². The van der Waals surface area contributed by atoms with Crippen molar-refractivity contribution < 1.29 is 32.6 Å². The molecule has 0 aromatic heterocycles. The second-order valence-corrected chi connectivity index (χ2v) is 10.4. The van der Waals surface area contributed by atoms with Gasteiger partial charge in [-0.15, -0.1) is 0 Å². The largest absolute Gasteiger partial charge is 0.418 e. The number of nitrogens with one attached hydrogen (secondary N) is 1. The Balaban J connectivity index is 1.64. The van der Waals surface area contributed by atoms with E-state index in [0.29, 0.717) is 5.56 Å². The van der Waals surface area contributed by atoms with Gasteiger partial charge in [-0.1, -0.05) is 61.5 Å². The molecule has 1 heterocycles. The minimum absolute atomic E-state index is 0.0475. The van der Waals surface area contributed by atoms with Crippen molar-refractivity contribution in [3.05, 3.63) is 89.5 Å². The van der Waals surface area contributed by atoms with Gasteiger partial charge in [0.15, 0.2) is 0 Å². The van der Waals surface area contributed by atoms with E-state index in [9.17, 15) is 27.9 Å². The van der Waals surface area contributed by atoms with Crippen LogP contribution in [-0.2, 0) is 17.5 Å². The van der Waals surface area contributed by atoms with Crippen molar-refractivity contribution in [2.24, 2.45) is 5.92 Å². The first kappa shape index (κ1) is 30.1. The summed E-state index contributed by atoms with van der Waals surface area (Å²) in [7, 11) is 1.48. The lowest BCUT2D eigenvalue weighted by atomic mass is 9.94. The molecule has 0 saturated heterocycles. The fourth-order valence-electron chi connectivity index (χ4n) is 4.95. The molecular formula is C31H34F3N3O4. The van der Waals surface area contributed by atoms with Crippen molar-refractivity contribution in [1.82, 2.24) is 9.80 Å². The first-order valence-corrected chi connectivity index (χ1v) is 13.4. The van der Waals surface area contributed by atoms with Crippen molar-refractivity contribution in [2.45, 2.75) is 38.8 Å². The van der Waals surface area contributed by atoms with Crippen LogP contribution >= 0.6 is 0 Å². The zero-order valence-corrected chi connectivity index (χ0v) is 23.2. The summed E-state index contributed by atoms with van der Waals surface area (Å²) < 4.78 is 46.8. The van der Waals surface area contributed by atoms with Crippen molar-refractivity contribution in [1.29, 1.82) is 0 Å². The summed E-state index contributed by atoms with van der Waals surface area (Å²) in [5, 5.41) is 12.3. The highest BCUT2D eigenvalue weighted by molar-refractivity contribution is 6.01. The molecule has 3 aromatic carbocycles. The number of hydrogen-bond acceptors (Lipinski definition) is 4. The van der Waals surface area contributed by atoms with Crippen LogP contribution in [0.3, 0.4) is 0 Å². The summed E-state index contributed by atoms with van der Waals surface area (Å²) in [6.07, 6.45) is -5.21. The molecule has 3 aromatic rings. The average Bonchev–Trinajstić information content (AvgIpc) is 2.97. The van der Waals surface area contributed by atoms with E-state index < -0.39 is 29.9 Å². The monoisotopic (exact) mass is 569 g/mol. The van der Waals surface area contributed by atoms with Crippen LogP contribution in [0.4, 0.5) is 23.7 Å². The van der Waals surface area contributed by atoms with Crippen LogP contribution < -0.4 is 5.32 Å². The Bertz CT molecular complexity index is 1380. The summed E-state index contributed by atoms with van der Waals surface area (Å²) in [4.78, 5) is 29.8. The van der Waals surface area contributed by atoms with Gasteiger partial charge in [0.25, 0.3) is 5.91 Å². The number of amides is 3. The van der Waals surface area contributed by atoms with E-state index in [1.165, 1.54) is 30.1 Å². The van der Waals surface area contributed by atoms with Gasteiger partial charge in [0.2, 0.25) is 0 Å². The molecule has 0 saturated carbocycles. The Kier molecular flexibility index (Phi) is 9.35. The molecule has 7 nitrogen and oxygen atoms in total. The molecule has 0 unspecified atom stereocenters. The highest BCUT2D eigenvalue weighted by Crippen LogP contribution is 2.35. The first-order valence-electron chi connectivity index (χ1n) is 13.4. The number of rotatable bonds is 5. The minimum Gasteiger partial charge on any atom is -0.394 e. The van der Waals surface area contributed by atoms with Crippen LogP contribution in [0, 0.1) is 5.92 Å². The van der Waals surface area contributed by atoms with Crippen LogP contribution in [0.5, 0.6) is 0 Å². The molecule has 1 aliphatic heterocycles. The lowest BCUT2D eigenvalue weighted by Crippen LogP contribution is -2.48. The normalized spacial score (nSPS) is 18.5. The maximum atomic E-state index is 13.9. The predicted molar refractivity (Wildman–Crippen MR) is 150 cm³/mol. The molecule has 3 amide bonds. The molecular weight excluding hydrogens is 535 g/mol. The second-order valence-electron chi connectivity index (χ2n) is 10.4. The molecule has 0 bridgehead atoms. The quantitative estimate of drug-likeness (QED) is 0.401. The van der Waals surface area contributed by atoms with Crippen LogP contribution in [0.1, 0.15) is 35.3 Å². The van der Waals surface area contributed by atoms with Crippen molar-refractivity contribution in [3.8, 4) is 11.1 Å². The Morgan fingerprint density at radius 2 is 1.66 bits per heavy atom. The van der Waals surface area contributed by atoms with Crippen molar-refractivity contribution in [2.75, 3.05) is 32.1 Å². The second kappa shape index (κ2) is 12.7. The van der Waals surface area contributed by atoms with E-state index in [0.717, 1.165) is 22.8 Å². The van der Waals surface area contributed by atoms with Gasteiger partial charge >= 0.3 is 12.2 Å². The van der Waals surface area contributed by atoms with Crippen LogP contribution in [-0.4, -0.2) is 65.7 Å². The third-order valence-electron chi connectivity index (χ3n) is 7.37. The number of hydrogen-bond donors (Lipinski definition) is 2. The summed E-state index contributed by atoms with van der Waals surface area (Å²) in [6.45, 7) is 3.86. The van der Waals surface area contributed by atoms with Gasteiger partial charge < -0.3 is 25.0 Å². The Morgan fingerprint density at radius 3 is 2.34 bits per heavy atom. The maximum Gasteiger partial charge on any atom is 0.418 e. The number of carbonyl (C=O) groups excluding carboxylic acids is 2. The van der Waals surface area contributed by atoms with E-state index in [4.69, 9.17) is 4.74 Å².